The molecule has 1 heterocycles. The fraction of sp³-hybridized carbons (Fsp3) is 0.421. The molecule has 0 spiro atoms. The summed E-state index contributed by atoms with van der Waals surface area (Å²) in [6.07, 6.45) is -3.86. The van der Waals surface area contributed by atoms with E-state index >= 15 is 0 Å². The van der Waals surface area contributed by atoms with Gasteiger partial charge in [-0.3, -0.25) is 19.7 Å². The molecule has 1 unspecified atom stereocenters. The molecule has 2 N–H and O–H groups in total. The zero-order chi connectivity index (χ0) is 25.8. The molecule has 0 aliphatic carbocycles. The Balaban J connectivity index is 2.65. The van der Waals surface area contributed by atoms with Crippen LogP contribution in [0.15, 0.2) is 34.8 Å². The lowest BCUT2D eigenvalue weighted by Gasteiger charge is -2.30. The molecule has 0 bridgehead atoms. The Bertz CT molecular complexity index is 1040. The topological polar surface area (TPSA) is 141 Å². The van der Waals surface area contributed by atoms with Crippen molar-refractivity contribution in [3.63, 3.8) is 0 Å². The maximum Gasteiger partial charge on any atom is 0.416 e. The molecule has 0 saturated carbocycles. The summed E-state index contributed by atoms with van der Waals surface area (Å²) in [4.78, 5) is 40.3. The monoisotopic (exact) mass is 505 g/mol. The van der Waals surface area contributed by atoms with E-state index in [0.29, 0.717) is 12.1 Å². The third kappa shape index (κ3) is 6.17. The normalized spacial score (nSPS) is 16.2. The van der Waals surface area contributed by atoms with Gasteiger partial charge in [0.05, 0.1) is 23.5 Å². The number of ether oxygens (including phenoxy) is 2. The van der Waals surface area contributed by atoms with E-state index in [1.807, 2.05) is 0 Å². The van der Waals surface area contributed by atoms with Crippen LogP contribution in [0.5, 0.6) is 5.75 Å². The lowest BCUT2D eigenvalue weighted by molar-refractivity contribution is -0.419. The fourth-order valence-electron chi connectivity index (χ4n) is 2.85. The standard InChI is InChI=1S/C19H22F3N5O6S/c1-5-32-14(28)9-13-15(27(30)31)17(26(23)18(24-13)34-4)33-12-7-10(16(29)25(2)3)6-11(8-12)19(20,21)22/h6-8,18H,5,9,23H2,1-4H3. The number of thioether (sulfide) groups is 1. The highest BCUT2D eigenvalue weighted by atomic mass is 32.2. The molecule has 1 aromatic rings. The van der Waals surface area contributed by atoms with E-state index in [9.17, 15) is 32.9 Å². The van der Waals surface area contributed by atoms with Gasteiger partial charge < -0.3 is 14.4 Å². The number of rotatable bonds is 8. The van der Waals surface area contributed by atoms with E-state index < -0.39 is 57.8 Å². The summed E-state index contributed by atoms with van der Waals surface area (Å²) in [5.41, 5.74) is -3.70. The Morgan fingerprint density at radius 3 is 2.47 bits per heavy atom. The number of hydrogen-bond donors (Lipinski definition) is 1. The molecule has 1 atom stereocenters. The SMILES string of the molecule is CCOC(=O)CC1=NC(SC)N(N)C(Oc2cc(C(=O)N(C)C)cc(C(F)(F)F)c2)=C1[N+](=O)[O-]. The smallest absolute Gasteiger partial charge is 0.416 e. The summed E-state index contributed by atoms with van der Waals surface area (Å²) in [6, 6.07) is 2.22. The Kier molecular flexibility index (Phi) is 8.50. The van der Waals surface area contributed by atoms with E-state index in [4.69, 9.17) is 15.3 Å². The molecule has 0 aromatic heterocycles. The van der Waals surface area contributed by atoms with Gasteiger partial charge in [-0.25, -0.2) is 15.8 Å². The van der Waals surface area contributed by atoms with Crippen molar-refractivity contribution < 1.29 is 37.2 Å². The Labute approximate surface area is 196 Å². The van der Waals surface area contributed by atoms with Crippen LogP contribution in [-0.2, 0) is 15.7 Å². The predicted octanol–water partition coefficient (Wildman–Crippen LogP) is 2.46. The van der Waals surface area contributed by atoms with Gasteiger partial charge in [-0.05, 0) is 31.4 Å². The number of nitro groups is 1. The van der Waals surface area contributed by atoms with Gasteiger partial charge in [-0.1, -0.05) is 0 Å². The molecule has 0 fully saturated rings. The molecule has 2 rings (SSSR count). The maximum atomic E-state index is 13.5. The zero-order valence-corrected chi connectivity index (χ0v) is 19.4. The van der Waals surface area contributed by atoms with Crippen LogP contribution in [0.4, 0.5) is 13.2 Å². The van der Waals surface area contributed by atoms with E-state index in [0.717, 1.165) is 27.7 Å². The predicted molar refractivity (Wildman–Crippen MR) is 116 cm³/mol. The van der Waals surface area contributed by atoms with Crippen LogP contribution < -0.4 is 10.6 Å². The molecule has 34 heavy (non-hydrogen) atoms. The second-order valence-corrected chi connectivity index (χ2v) is 7.88. The Hall–Kier alpha value is -3.33. The zero-order valence-electron chi connectivity index (χ0n) is 18.6. The van der Waals surface area contributed by atoms with E-state index in [2.05, 4.69) is 4.99 Å². The molecule has 0 radical (unpaired) electrons. The quantitative estimate of drug-likeness (QED) is 0.244. The van der Waals surface area contributed by atoms with Gasteiger partial charge in [-0.2, -0.15) is 13.2 Å². The molecule has 0 saturated heterocycles. The van der Waals surface area contributed by atoms with Crippen LogP contribution in [0.3, 0.4) is 0 Å². The molecule has 1 aliphatic heterocycles. The number of hydrogen-bond acceptors (Lipinski definition) is 10. The second kappa shape index (κ2) is 10.7. The van der Waals surface area contributed by atoms with Crippen LogP contribution in [0, 0.1) is 10.1 Å². The summed E-state index contributed by atoms with van der Waals surface area (Å²) >= 11 is 1.03. The summed E-state index contributed by atoms with van der Waals surface area (Å²) in [5, 5.41) is 12.6. The molecule has 1 aliphatic rings. The largest absolute Gasteiger partial charge is 0.466 e. The lowest BCUT2D eigenvalue weighted by atomic mass is 10.1. The van der Waals surface area contributed by atoms with Gasteiger partial charge in [0.2, 0.25) is 0 Å². The van der Waals surface area contributed by atoms with Gasteiger partial charge >= 0.3 is 17.8 Å². The highest BCUT2D eigenvalue weighted by Gasteiger charge is 2.40. The molecular weight excluding hydrogens is 483 g/mol. The minimum atomic E-state index is -4.84. The second-order valence-electron chi connectivity index (χ2n) is 6.98. The number of carbonyl (C=O) groups excluding carboxylic acids is 2. The van der Waals surface area contributed by atoms with Crippen LogP contribution in [0.25, 0.3) is 0 Å². The number of nitrogens with two attached hydrogens (primary N) is 1. The first-order valence-corrected chi connectivity index (χ1v) is 10.9. The molecule has 15 heteroatoms. The Morgan fingerprint density at radius 2 is 1.97 bits per heavy atom. The Morgan fingerprint density at radius 1 is 1.32 bits per heavy atom. The molecule has 11 nitrogen and oxygen atoms in total. The number of amides is 1. The average Bonchev–Trinajstić information content (AvgIpc) is 2.74. The average molecular weight is 505 g/mol. The fourth-order valence-corrected chi connectivity index (χ4v) is 3.40. The maximum absolute atomic E-state index is 13.5. The van der Waals surface area contributed by atoms with E-state index in [1.165, 1.54) is 14.1 Å². The molecular formula is C19H22F3N5O6S. The van der Waals surface area contributed by atoms with Crippen molar-refractivity contribution in [3.8, 4) is 5.75 Å². The number of carbonyl (C=O) groups is 2. The van der Waals surface area contributed by atoms with Gasteiger partial charge in [0.25, 0.3) is 11.8 Å². The number of alkyl halides is 3. The minimum absolute atomic E-state index is 0.0227. The van der Waals surface area contributed by atoms with Crippen LogP contribution in [0.2, 0.25) is 0 Å². The number of benzene rings is 1. The van der Waals surface area contributed by atoms with Crippen molar-refractivity contribution in [1.29, 1.82) is 0 Å². The van der Waals surface area contributed by atoms with Gasteiger partial charge in [0.15, 0.2) is 5.50 Å². The van der Waals surface area contributed by atoms with Crippen molar-refractivity contribution in [2.75, 3.05) is 27.0 Å². The number of esters is 1. The van der Waals surface area contributed by atoms with Crippen LogP contribution in [0.1, 0.15) is 29.3 Å². The summed E-state index contributed by atoms with van der Waals surface area (Å²) in [5.74, 6) is 3.21. The highest BCUT2D eigenvalue weighted by Crippen LogP contribution is 2.35. The van der Waals surface area contributed by atoms with Crippen molar-refractivity contribution in [3.05, 3.63) is 51.0 Å². The van der Waals surface area contributed by atoms with Crippen molar-refractivity contribution in [2.24, 2.45) is 10.8 Å². The molecule has 1 amide bonds. The van der Waals surface area contributed by atoms with Gasteiger partial charge in [0, 0.05) is 19.7 Å². The van der Waals surface area contributed by atoms with Gasteiger partial charge in [-0.15, -0.1) is 11.8 Å². The van der Waals surface area contributed by atoms with Gasteiger partial charge in [0.1, 0.15) is 11.5 Å². The number of halogens is 3. The first kappa shape index (κ1) is 26.9. The minimum Gasteiger partial charge on any atom is -0.466 e. The van der Waals surface area contributed by atoms with Crippen molar-refractivity contribution in [2.45, 2.75) is 25.0 Å². The summed E-state index contributed by atoms with van der Waals surface area (Å²) in [7, 11) is 2.70. The number of allylic oxidation sites excluding steroid dienone is 1. The third-order valence-electron chi connectivity index (χ3n) is 4.33. The molecule has 186 valence electrons. The van der Waals surface area contributed by atoms with E-state index in [1.54, 1.807) is 13.2 Å². The van der Waals surface area contributed by atoms with E-state index in [-0.39, 0.29) is 17.9 Å². The first-order chi connectivity index (χ1) is 15.8. The van der Waals surface area contributed by atoms with Crippen molar-refractivity contribution >= 4 is 29.4 Å². The number of nitrogens with zero attached hydrogens (tertiary/aromatic N) is 4. The van der Waals surface area contributed by atoms with Crippen LogP contribution in [-0.4, -0.2) is 64.9 Å². The van der Waals surface area contributed by atoms with Crippen LogP contribution >= 0.6 is 11.8 Å². The number of aliphatic imine (C=N–C) groups is 1. The number of hydrazine groups is 1. The third-order valence-corrected chi connectivity index (χ3v) is 5.08. The lowest BCUT2D eigenvalue weighted by Crippen LogP contribution is -2.45. The summed E-state index contributed by atoms with van der Waals surface area (Å²) in [6.45, 7) is 1.57. The summed E-state index contributed by atoms with van der Waals surface area (Å²) < 4.78 is 50.7. The van der Waals surface area contributed by atoms with Crippen molar-refractivity contribution in [1.82, 2.24) is 9.91 Å². The highest BCUT2D eigenvalue weighted by molar-refractivity contribution is 7.99. The molecule has 1 aromatic carbocycles. The first-order valence-electron chi connectivity index (χ1n) is 9.60.